The van der Waals surface area contributed by atoms with Crippen molar-refractivity contribution in [1.29, 1.82) is 0 Å². The summed E-state index contributed by atoms with van der Waals surface area (Å²) in [5, 5.41) is 14.6. The number of carbonyl (C=O) groups is 1. The molecular formula is C12H11N3O3S. The van der Waals surface area contributed by atoms with Gasteiger partial charge in [0, 0.05) is 5.38 Å². The van der Waals surface area contributed by atoms with E-state index in [2.05, 4.69) is 15.5 Å². The van der Waals surface area contributed by atoms with Crippen molar-refractivity contribution in [3.63, 3.8) is 0 Å². The highest BCUT2D eigenvalue weighted by Crippen LogP contribution is 2.15. The first-order valence-electron chi connectivity index (χ1n) is 5.31. The standard InChI is InChI=1S/C12H11N3O3S/c1-18-9-4-2-8(3-5-9)6-13-15-12-14-10(7-19-12)11(16)17/h2-7H,1H3,(H,14,15)(H,16,17)/b13-6-. The SMILES string of the molecule is COc1ccc(/C=N\Nc2nc(C(=O)O)cs2)cc1. The average molecular weight is 277 g/mol. The first-order chi connectivity index (χ1) is 9.19. The monoisotopic (exact) mass is 277 g/mol. The van der Waals surface area contributed by atoms with Crippen molar-refractivity contribution in [2.24, 2.45) is 5.10 Å². The number of ether oxygens (including phenoxy) is 1. The summed E-state index contributed by atoms with van der Waals surface area (Å²) in [5.41, 5.74) is 3.58. The number of benzene rings is 1. The molecule has 0 spiro atoms. The van der Waals surface area contributed by atoms with Gasteiger partial charge >= 0.3 is 5.97 Å². The largest absolute Gasteiger partial charge is 0.497 e. The Labute approximate surface area is 113 Å². The number of anilines is 1. The zero-order chi connectivity index (χ0) is 13.7. The minimum atomic E-state index is -1.05. The van der Waals surface area contributed by atoms with Gasteiger partial charge in [0.2, 0.25) is 5.13 Å². The summed E-state index contributed by atoms with van der Waals surface area (Å²) in [4.78, 5) is 14.5. The summed E-state index contributed by atoms with van der Waals surface area (Å²) in [6.45, 7) is 0. The van der Waals surface area contributed by atoms with Gasteiger partial charge in [0.05, 0.1) is 13.3 Å². The van der Waals surface area contributed by atoms with E-state index < -0.39 is 5.97 Å². The van der Waals surface area contributed by atoms with E-state index in [0.717, 1.165) is 11.3 Å². The average Bonchev–Trinajstić information content (AvgIpc) is 2.89. The van der Waals surface area contributed by atoms with Crippen LogP contribution in [0.1, 0.15) is 16.1 Å². The van der Waals surface area contributed by atoms with Crippen LogP contribution >= 0.6 is 11.3 Å². The molecule has 2 aromatic rings. The van der Waals surface area contributed by atoms with E-state index >= 15 is 0 Å². The molecule has 0 unspecified atom stereocenters. The lowest BCUT2D eigenvalue weighted by Crippen LogP contribution is -1.97. The fourth-order valence-electron chi connectivity index (χ4n) is 1.28. The summed E-state index contributed by atoms with van der Waals surface area (Å²) >= 11 is 1.18. The highest BCUT2D eigenvalue weighted by molar-refractivity contribution is 7.13. The lowest BCUT2D eigenvalue weighted by molar-refractivity contribution is 0.0691. The molecule has 0 saturated carbocycles. The van der Waals surface area contributed by atoms with Gasteiger partial charge in [-0.15, -0.1) is 11.3 Å². The number of carboxylic acids is 1. The fourth-order valence-corrected chi connectivity index (χ4v) is 1.91. The van der Waals surface area contributed by atoms with Gasteiger partial charge in [-0.1, -0.05) is 0 Å². The molecule has 0 amide bonds. The van der Waals surface area contributed by atoms with E-state index in [1.165, 1.54) is 16.7 Å². The lowest BCUT2D eigenvalue weighted by atomic mass is 10.2. The maximum absolute atomic E-state index is 10.6. The van der Waals surface area contributed by atoms with E-state index in [9.17, 15) is 4.79 Å². The minimum absolute atomic E-state index is 0.00662. The normalized spacial score (nSPS) is 10.6. The number of aromatic carboxylic acids is 1. The van der Waals surface area contributed by atoms with Crippen LogP contribution in [0.15, 0.2) is 34.7 Å². The smallest absolute Gasteiger partial charge is 0.355 e. The number of hydrazone groups is 1. The van der Waals surface area contributed by atoms with Gasteiger partial charge in [-0.3, -0.25) is 5.43 Å². The first kappa shape index (κ1) is 13.0. The Morgan fingerprint density at radius 3 is 2.79 bits per heavy atom. The predicted octanol–water partition coefficient (Wildman–Crippen LogP) is 2.30. The maximum atomic E-state index is 10.6. The number of rotatable bonds is 5. The van der Waals surface area contributed by atoms with Gasteiger partial charge in [-0.25, -0.2) is 9.78 Å². The number of nitrogens with zero attached hydrogens (tertiary/aromatic N) is 2. The molecule has 0 aliphatic heterocycles. The molecule has 0 bridgehead atoms. The molecule has 0 fully saturated rings. The highest BCUT2D eigenvalue weighted by Gasteiger charge is 2.07. The Balaban J connectivity index is 1.96. The molecule has 19 heavy (non-hydrogen) atoms. The zero-order valence-corrected chi connectivity index (χ0v) is 10.8. The lowest BCUT2D eigenvalue weighted by Gasteiger charge is -1.98. The second kappa shape index (κ2) is 5.96. The Morgan fingerprint density at radius 2 is 2.21 bits per heavy atom. The van der Waals surface area contributed by atoms with Crippen LogP contribution in [0.5, 0.6) is 5.75 Å². The topological polar surface area (TPSA) is 83.8 Å². The van der Waals surface area contributed by atoms with Crippen LogP contribution in [0.4, 0.5) is 5.13 Å². The fraction of sp³-hybridized carbons (Fsp3) is 0.0833. The second-order valence-corrected chi connectivity index (χ2v) is 4.34. The van der Waals surface area contributed by atoms with Gasteiger partial charge in [0.15, 0.2) is 5.69 Å². The number of hydrogen-bond donors (Lipinski definition) is 2. The number of carboxylic acid groups (broad SMARTS) is 1. The molecule has 0 atom stereocenters. The molecule has 98 valence electrons. The van der Waals surface area contributed by atoms with Crippen LogP contribution < -0.4 is 10.2 Å². The van der Waals surface area contributed by atoms with E-state index in [1.54, 1.807) is 13.3 Å². The molecule has 2 rings (SSSR count). The Kier molecular flexibility index (Phi) is 4.09. The number of aromatic nitrogens is 1. The van der Waals surface area contributed by atoms with Crippen molar-refractivity contribution in [2.75, 3.05) is 12.5 Å². The third-order valence-electron chi connectivity index (χ3n) is 2.21. The molecule has 0 saturated heterocycles. The summed E-state index contributed by atoms with van der Waals surface area (Å²) < 4.78 is 5.04. The predicted molar refractivity (Wildman–Crippen MR) is 73.3 cm³/mol. The second-order valence-electron chi connectivity index (χ2n) is 3.49. The van der Waals surface area contributed by atoms with Crippen LogP contribution in [0.25, 0.3) is 0 Å². The summed E-state index contributed by atoms with van der Waals surface area (Å²) in [6.07, 6.45) is 1.61. The van der Waals surface area contributed by atoms with E-state index in [1.807, 2.05) is 24.3 Å². The molecule has 0 radical (unpaired) electrons. The van der Waals surface area contributed by atoms with Crippen LogP contribution in [0.3, 0.4) is 0 Å². The van der Waals surface area contributed by atoms with Crippen molar-refractivity contribution in [2.45, 2.75) is 0 Å². The van der Waals surface area contributed by atoms with E-state index in [0.29, 0.717) is 5.13 Å². The molecule has 1 heterocycles. The summed E-state index contributed by atoms with van der Waals surface area (Å²) in [5.74, 6) is -0.278. The third kappa shape index (κ3) is 3.52. The Bertz CT molecular complexity index is 593. The highest BCUT2D eigenvalue weighted by atomic mass is 32.1. The van der Waals surface area contributed by atoms with E-state index in [4.69, 9.17) is 9.84 Å². The van der Waals surface area contributed by atoms with Crippen molar-refractivity contribution < 1.29 is 14.6 Å². The number of hydrogen-bond acceptors (Lipinski definition) is 6. The van der Waals surface area contributed by atoms with Crippen molar-refractivity contribution >= 4 is 28.7 Å². The van der Waals surface area contributed by atoms with Crippen molar-refractivity contribution in [3.8, 4) is 5.75 Å². The van der Waals surface area contributed by atoms with Crippen LogP contribution in [0.2, 0.25) is 0 Å². The number of nitrogens with one attached hydrogen (secondary N) is 1. The maximum Gasteiger partial charge on any atom is 0.355 e. The van der Waals surface area contributed by atoms with Gasteiger partial charge < -0.3 is 9.84 Å². The third-order valence-corrected chi connectivity index (χ3v) is 2.96. The number of thiazole rings is 1. The Morgan fingerprint density at radius 1 is 1.47 bits per heavy atom. The van der Waals surface area contributed by atoms with Crippen molar-refractivity contribution in [3.05, 3.63) is 40.9 Å². The van der Waals surface area contributed by atoms with Gasteiger partial charge in [0.1, 0.15) is 5.75 Å². The van der Waals surface area contributed by atoms with Gasteiger partial charge in [0.25, 0.3) is 0 Å². The molecule has 2 N–H and O–H groups in total. The van der Waals surface area contributed by atoms with Crippen LogP contribution in [-0.2, 0) is 0 Å². The minimum Gasteiger partial charge on any atom is -0.497 e. The molecule has 0 aliphatic rings. The zero-order valence-electron chi connectivity index (χ0n) is 10.0. The summed E-state index contributed by atoms with van der Waals surface area (Å²) in [6, 6.07) is 7.36. The molecule has 1 aromatic carbocycles. The van der Waals surface area contributed by atoms with Gasteiger partial charge in [-0.05, 0) is 29.8 Å². The number of methoxy groups -OCH3 is 1. The molecule has 0 aliphatic carbocycles. The van der Waals surface area contributed by atoms with E-state index in [-0.39, 0.29) is 5.69 Å². The van der Waals surface area contributed by atoms with Crippen LogP contribution in [-0.4, -0.2) is 29.4 Å². The quantitative estimate of drug-likeness (QED) is 0.647. The summed E-state index contributed by atoms with van der Waals surface area (Å²) in [7, 11) is 1.60. The Hall–Kier alpha value is -2.41. The van der Waals surface area contributed by atoms with Crippen LogP contribution in [0, 0.1) is 0 Å². The molecule has 6 nitrogen and oxygen atoms in total. The van der Waals surface area contributed by atoms with Crippen molar-refractivity contribution in [1.82, 2.24) is 4.98 Å². The van der Waals surface area contributed by atoms with Gasteiger partial charge in [-0.2, -0.15) is 5.10 Å². The molecule has 7 heteroatoms. The molecule has 1 aromatic heterocycles. The molecular weight excluding hydrogens is 266 g/mol. The first-order valence-corrected chi connectivity index (χ1v) is 6.19.